The van der Waals surface area contributed by atoms with Crippen LogP contribution in [-0.4, -0.2) is 49.3 Å². The van der Waals surface area contributed by atoms with Crippen molar-refractivity contribution >= 4 is 21.8 Å². The summed E-state index contributed by atoms with van der Waals surface area (Å²) in [6.45, 7) is 0.206. The summed E-state index contributed by atoms with van der Waals surface area (Å²) >= 11 is 3.02. The van der Waals surface area contributed by atoms with E-state index in [1.807, 2.05) is 0 Å². The molecule has 0 fully saturated rings. The average molecular weight is 320 g/mol. The average Bonchev–Trinajstić information content (AvgIpc) is 2.32. The van der Waals surface area contributed by atoms with Crippen molar-refractivity contribution in [2.45, 2.75) is 6.10 Å². The summed E-state index contributed by atoms with van der Waals surface area (Å²) in [5, 5.41) is 9.52. The molecule has 18 heavy (non-hydrogen) atoms. The highest BCUT2D eigenvalue weighted by Crippen LogP contribution is 2.19. The van der Waals surface area contributed by atoms with Crippen molar-refractivity contribution in [1.29, 1.82) is 0 Å². The van der Waals surface area contributed by atoms with Crippen LogP contribution in [0.2, 0.25) is 0 Å². The summed E-state index contributed by atoms with van der Waals surface area (Å²) in [6, 6.07) is 4.51. The van der Waals surface area contributed by atoms with Crippen LogP contribution in [0.1, 0.15) is 10.4 Å². The number of benzene rings is 1. The fraction of sp³-hybridized carbons (Fsp3) is 0.417. The minimum absolute atomic E-state index is 0.0310. The molecule has 100 valence electrons. The van der Waals surface area contributed by atoms with Gasteiger partial charge in [0.15, 0.2) is 0 Å². The first-order valence-corrected chi connectivity index (χ1v) is 6.13. The van der Waals surface area contributed by atoms with Gasteiger partial charge in [0.2, 0.25) is 0 Å². The molecule has 6 heteroatoms. The van der Waals surface area contributed by atoms with E-state index in [4.69, 9.17) is 4.74 Å². The fourth-order valence-electron chi connectivity index (χ4n) is 1.52. The number of hydrogen-bond donors (Lipinski definition) is 1. The third-order valence-corrected chi connectivity index (χ3v) is 2.98. The van der Waals surface area contributed by atoms with E-state index >= 15 is 0 Å². The normalized spacial score (nSPS) is 12.3. The van der Waals surface area contributed by atoms with Crippen molar-refractivity contribution in [3.63, 3.8) is 0 Å². The number of halogens is 2. The molecule has 1 N–H and O–H groups in total. The Hall–Kier alpha value is -0.980. The second-order valence-electron chi connectivity index (χ2n) is 3.90. The lowest BCUT2D eigenvalue weighted by atomic mass is 10.2. The Morgan fingerprint density at radius 2 is 2.28 bits per heavy atom. The van der Waals surface area contributed by atoms with Gasteiger partial charge >= 0.3 is 0 Å². The van der Waals surface area contributed by atoms with Crippen molar-refractivity contribution in [2.75, 3.05) is 27.3 Å². The molecule has 0 aliphatic rings. The number of methoxy groups -OCH3 is 1. The second kappa shape index (κ2) is 6.82. The maximum Gasteiger partial charge on any atom is 0.256 e. The minimum Gasteiger partial charge on any atom is -0.389 e. The molecule has 1 rings (SSSR count). The van der Waals surface area contributed by atoms with Crippen molar-refractivity contribution in [1.82, 2.24) is 4.90 Å². The van der Waals surface area contributed by atoms with E-state index in [9.17, 15) is 14.3 Å². The number of carbonyl (C=O) groups is 1. The SMILES string of the molecule is COCC(O)CN(C)C(=O)c1cccc(Br)c1F. The van der Waals surface area contributed by atoms with E-state index < -0.39 is 17.8 Å². The van der Waals surface area contributed by atoms with Crippen LogP contribution in [0, 0.1) is 5.82 Å². The molecule has 0 saturated carbocycles. The van der Waals surface area contributed by atoms with Crippen molar-refractivity contribution in [2.24, 2.45) is 0 Å². The number of aliphatic hydroxyl groups excluding tert-OH is 1. The molecule has 1 unspecified atom stereocenters. The van der Waals surface area contributed by atoms with E-state index in [-0.39, 0.29) is 23.2 Å². The Labute approximate surface area is 113 Å². The van der Waals surface area contributed by atoms with Gasteiger partial charge in [0.1, 0.15) is 5.82 Å². The van der Waals surface area contributed by atoms with Crippen LogP contribution >= 0.6 is 15.9 Å². The first-order valence-electron chi connectivity index (χ1n) is 5.33. The molecule has 0 heterocycles. The first-order chi connectivity index (χ1) is 8.47. The number of aliphatic hydroxyl groups is 1. The smallest absolute Gasteiger partial charge is 0.256 e. The van der Waals surface area contributed by atoms with Gasteiger partial charge in [-0.2, -0.15) is 0 Å². The van der Waals surface area contributed by atoms with Crippen molar-refractivity contribution < 1.29 is 19.0 Å². The third kappa shape index (κ3) is 3.76. The van der Waals surface area contributed by atoms with E-state index in [1.54, 1.807) is 6.07 Å². The molecule has 0 saturated heterocycles. The van der Waals surface area contributed by atoms with Crippen LogP contribution in [0.3, 0.4) is 0 Å². The Bertz CT molecular complexity index is 428. The standard InChI is InChI=1S/C12H15BrFNO3/c1-15(6-8(16)7-18-2)12(17)9-4-3-5-10(13)11(9)14/h3-5,8,16H,6-7H2,1-2H3. The number of ether oxygens (including phenoxy) is 1. The van der Waals surface area contributed by atoms with Gasteiger partial charge in [-0.1, -0.05) is 6.07 Å². The molecule has 0 spiro atoms. The van der Waals surface area contributed by atoms with Crippen LogP contribution in [0.5, 0.6) is 0 Å². The Morgan fingerprint density at radius 1 is 1.61 bits per heavy atom. The van der Waals surface area contributed by atoms with Gasteiger partial charge in [0, 0.05) is 20.7 Å². The highest BCUT2D eigenvalue weighted by Gasteiger charge is 2.19. The van der Waals surface area contributed by atoms with E-state index in [0.717, 1.165) is 0 Å². The first kappa shape index (κ1) is 15.1. The molecule has 1 aromatic carbocycles. The predicted molar refractivity (Wildman–Crippen MR) is 68.9 cm³/mol. The van der Waals surface area contributed by atoms with Crippen LogP contribution in [-0.2, 0) is 4.74 Å². The monoisotopic (exact) mass is 319 g/mol. The molecule has 1 aromatic rings. The summed E-state index contributed by atoms with van der Waals surface area (Å²) in [5.74, 6) is -1.08. The van der Waals surface area contributed by atoms with E-state index in [1.165, 1.54) is 31.2 Å². The van der Waals surface area contributed by atoms with Gasteiger partial charge in [-0.25, -0.2) is 4.39 Å². The molecule has 1 atom stereocenters. The summed E-state index contributed by atoms with van der Waals surface area (Å²) in [4.78, 5) is 13.2. The summed E-state index contributed by atoms with van der Waals surface area (Å²) in [6.07, 6.45) is -0.792. The molecular weight excluding hydrogens is 305 g/mol. The number of rotatable bonds is 5. The lowest BCUT2D eigenvalue weighted by Crippen LogP contribution is -2.36. The zero-order valence-electron chi connectivity index (χ0n) is 10.2. The molecule has 0 aliphatic heterocycles. The Morgan fingerprint density at radius 3 is 2.89 bits per heavy atom. The predicted octanol–water partition coefficient (Wildman–Crippen LogP) is 1.67. The van der Waals surface area contributed by atoms with Gasteiger partial charge in [-0.3, -0.25) is 4.79 Å². The molecule has 0 bridgehead atoms. The van der Waals surface area contributed by atoms with Gasteiger partial charge in [0.25, 0.3) is 5.91 Å². The zero-order chi connectivity index (χ0) is 13.7. The van der Waals surface area contributed by atoms with E-state index in [0.29, 0.717) is 0 Å². The fourth-order valence-corrected chi connectivity index (χ4v) is 1.88. The highest BCUT2D eigenvalue weighted by molar-refractivity contribution is 9.10. The molecule has 0 radical (unpaired) electrons. The Kier molecular flexibility index (Phi) is 5.71. The molecule has 0 aromatic heterocycles. The summed E-state index contributed by atoms with van der Waals surface area (Å²) in [5.41, 5.74) is -0.0310. The lowest BCUT2D eigenvalue weighted by Gasteiger charge is -2.20. The summed E-state index contributed by atoms with van der Waals surface area (Å²) in [7, 11) is 2.96. The van der Waals surface area contributed by atoms with Crippen LogP contribution < -0.4 is 0 Å². The molecule has 1 amide bonds. The van der Waals surface area contributed by atoms with Crippen LogP contribution in [0.15, 0.2) is 22.7 Å². The van der Waals surface area contributed by atoms with E-state index in [2.05, 4.69) is 15.9 Å². The summed E-state index contributed by atoms with van der Waals surface area (Å²) < 4.78 is 18.7. The minimum atomic E-state index is -0.792. The van der Waals surface area contributed by atoms with Crippen LogP contribution in [0.25, 0.3) is 0 Å². The number of amides is 1. The third-order valence-electron chi connectivity index (χ3n) is 2.37. The highest BCUT2D eigenvalue weighted by atomic mass is 79.9. The second-order valence-corrected chi connectivity index (χ2v) is 4.75. The molecular formula is C12H15BrFNO3. The Balaban J connectivity index is 2.77. The molecule has 4 nitrogen and oxygen atoms in total. The molecule has 0 aliphatic carbocycles. The lowest BCUT2D eigenvalue weighted by molar-refractivity contribution is 0.0378. The number of carbonyl (C=O) groups excluding carboxylic acids is 1. The quantitative estimate of drug-likeness (QED) is 0.898. The van der Waals surface area contributed by atoms with Crippen molar-refractivity contribution in [3.05, 3.63) is 34.1 Å². The number of hydrogen-bond acceptors (Lipinski definition) is 3. The van der Waals surface area contributed by atoms with Crippen molar-refractivity contribution in [3.8, 4) is 0 Å². The number of nitrogens with zero attached hydrogens (tertiary/aromatic N) is 1. The maximum absolute atomic E-state index is 13.7. The van der Waals surface area contributed by atoms with Gasteiger partial charge in [-0.05, 0) is 28.1 Å². The topological polar surface area (TPSA) is 49.8 Å². The van der Waals surface area contributed by atoms with Crippen LogP contribution in [0.4, 0.5) is 4.39 Å². The zero-order valence-corrected chi connectivity index (χ0v) is 11.8. The van der Waals surface area contributed by atoms with Gasteiger partial charge < -0.3 is 14.7 Å². The number of likely N-dealkylation sites (N-methyl/N-ethyl adjacent to an activating group) is 1. The largest absolute Gasteiger partial charge is 0.389 e. The van der Waals surface area contributed by atoms with Gasteiger partial charge in [-0.15, -0.1) is 0 Å². The van der Waals surface area contributed by atoms with Gasteiger partial charge in [0.05, 0.1) is 22.7 Å². The maximum atomic E-state index is 13.7.